The molecule has 0 heterocycles. The summed E-state index contributed by atoms with van der Waals surface area (Å²) in [5, 5.41) is 0. The second kappa shape index (κ2) is 3.11. The number of hydrogen-bond donors (Lipinski definition) is 0. The van der Waals surface area contributed by atoms with Gasteiger partial charge in [0.1, 0.15) is 0 Å². The van der Waals surface area contributed by atoms with Crippen LogP contribution in [0.25, 0.3) is 0 Å². The highest BCUT2D eigenvalue weighted by Gasteiger charge is 2.33. The lowest BCUT2D eigenvalue weighted by Crippen LogP contribution is -2.27. The molecule has 0 aromatic carbocycles. The number of hydrogen-bond acceptors (Lipinski definition) is 1. The second-order valence-electron chi connectivity index (χ2n) is 2.15. The van der Waals surface area contributed by atoms with Crippen LogP contribution in [0.15, 0.2) is 0 Å². The average molecular weight is 138 g/mol. The first-order valence-corrected chi connectivity index (χ1v) is 3.02. The highest BCUT2D eigenvalue weighted by molar-refractivity contribution is 4.56. The van der Waals surface area contributed by atoms with Gasteiger partial charge in [0.15, 0.2) is 0 Å². The molecule has 0 amide bonds. The van der Waals surface area contributed by atoms with Crippen molar-refractivity contribution >= 4 is 0 Å². The predicted molar refractivity (Wildman–Crippen MR) is 31.4 cm³/mol. The monoisotopic (exact) mass is 138 g/mol. The van der Waals surface area contributed by atoms with Crippen LogP contribution < -0.4 is 0 Å². The first-order valence-electron chi connectivity index (χ1n) is 3.02. The van der Waals surface area contributed by atoms with Gasteiger partial charge in [-0.2, -0.15) is 8.78 Å². The van der Waals surface area contributed by atoms with Crippen LogP contribution in [0.2, 0.25) is 0 Å². The Balaban J connectivity index is 3.70. The molecule has 56 valence electrons. The van der Waals surface area contributed by atoms with Crippen molar-refractivity contribution in [3.8, 4) is 0 Å². The Morgan fingerprint density at radius 1 is 1.44 bits per heavy atom. The SMILES string of the molecule is CCOC(F)(F)C(C)C. The molecule has 0 unspecified atom stereocenters. The van der Waals surface area contributed by atoms with Gasteiger partial charge in [-0.1, -0.05) is 13.8 Å². The third-order valence-electron chi connectivity index (χ3n) is 1.01. The van der Waals surface area contributed by atoms with Crippen LogP contribution in [0.1, 0.15) is 20.8 Å². The van der Waals surface area contributed by atoms with Crippen molar-refractivity contribution in [3.63, 3.8) is 0 Å². The smallest absolute Gasteiger partial charge is 0.321 e. The van der Waals surface area contributed by atoms with Gasteiger partial charge in [-0.3, -0.25) is 0 Å². The topological polar surface area (TPSA) is 9.23 Å². The number of rotatable bonds is 3. The van der Waals surface area contributed by atoms with Gasteiger partial charge in [0, 0.05) is 5.92 Å². The molecule has 0 saturated carbocycles. The summed E-state index contributed by atoms with van der Waals surface area (Å²) in [7, 11) is 0. The van der Waals surface area contributed by atoms with Gasteiger partial charge in [0.25, 0.3) is 0 Å². The summed E-state index contributed by atoms with van der Waals surface area (Å²) in [6.07, 6.45) is -2.95. The van der Waals surface area contributed by atoms with Gasteiger partial charge in [0.2, 0.25) is 0 Å². The van der Waals surface area contributed by atoms with E-state index in [1.165, 1.54) is 13.8 Å². The van der Waals surface area contributed by atoms with E-state index in [0.29, 0.717) is 0 Å². The Morgan fingerprint density at radius 3 is 2.00 bits per heavy atom. The summed E-state index contributed by atoms with van der Waals surface area (Å²) < 4.78 is 28.8. The summed E-state index contributed by atoms with van der Waals surface area (Å²) in [4.78, 5) is 0. The minimum absolute atomic E-state index is 0.0607. The Hall–Kier alpha value is -0.180. The van der Waals surface area contributed by atoms with Crippen molar-refractivity contribution in [1.29, 1.82) is 0 Å². The molecule has 0 aromatic heterocycles. The van der Waals surface area contributed by atoms with Crippen molar-refractivity contribution in [2.75, 3.05) is 6.61 Å². The predicted octanol–water partition coefficient (Wildman–Crippen LogP) is 2.27. The molecule has 0 radical (unpaired) electrons. The average Bonchev–Trinajstić information content (AvgIpc) is 1.65. The molecule has 0 aliphatic heterocycles. The fraction of sp³-hybridized carbons (Fsp3) is 1.00. The van der Waals surface area contributed by atoms with E-state index in [-0.39, 0.29) is 6.61 Å². The Kier molecular flexibility index (Phi) is 3.04. The molecule has 0 aliphatic rings. The molecule has 1 nitrogen and oxygen atoms in total. The first kappa shape index (κ1) is 8.82. The van der Waals surface area contributed by atoms with E-state index in [9.17, 15) is 8.78 Å². The minimum atomic E-state index is -2.95. The molecule has 3 heteroatoms. The zero-order valence-corrected chi connectivity index (χ0v) is 5.95. The summed E-state index contributed by atoms with van der Waals surface area (Å²) in [6.45, 7) is 4.47. The van der Waals surface area contributed by atoms with E-state index in [1.54, 1.807) is 6.92 Å². The van der Waals surface area contributed by atoms with E-state index in [0.717, 1.165) is 0 Å². The molecule has 0 spiro atoms. The van der Waals surface area contributed by atoms with E-state index in [4.69, 9.17) is 0 Å². The van der Waals surface area contributed by atoms with Gasteiger partial charge in [0.05, 0.1) is 6.61 Å². The highest BCUT2D eigenvalue weighted by atomic mass is 19.3. The van der Waals surface area contributed by atoms with Crippen LogP contribution in [-0.2, 0) is 4.74 Å². The molecular weight excluding hydrogens is 126 g/mol. The van der Waals surface area contributed by atoms with E-state index < -0.39 is 12.0 Å². The number of alkyl halides is 2. The Labute approximate surface area is 54.0 Å². The normalized spacial score (nSPS) is 12.7. The summed E-state index contributed by atoms with van der Waals surface area (Å²) in [6, 6.07) is 0. The third-order valence-corrected chi connectivity index (χ3v) is 1.01. The summed E-state index contributed by atoms with van der Waals surface area (Å²) in [5.41, 5.74) is 0. The van der Waals surface area contributed by atoms with Crippen molar-refractivity contribution in [2.45, 2.75) is 26.9 Å². The van der Waals surface area contributed by atoms with Crippen LogP contribution in [0.5, 0.6) is 0 Å². The van der Waals surface area contributed by atoms with E-state index >= 15 is 0 Å². The van der Waals surface area contributed by atoms with Crippen molar-refractivity contribution in [2.24, 2.45) is 5.92 Å². The molecule has 0 atom stereocenters. The maximum atomic E-state index is 12.3. The summed E-state index contributed by atoms with van der Waals surface area (Å²) in [5.74, 6) is -0.738. The Bertz CT molecular complexity index is 81.1. The molecule has 9 heavy (non-hydrogen) atoms. The van der Waals surface area contributed by atoms with Crippen LogP contribution in [0, 0.1) is 5.92 Å². The molecule has 0 N–H and O–H groups in total. The van der Waals surface area contributed by atoms with Gasteiger partial charge < -0.3 is 4.74 Å². The zero-order chi connectivity index (χ0) is 7.49. The van der Waals surface area contributed by atoms with Crippen molar-refractivity contribution in [3.05, 3.63) is 0 Å². The molecule has 0 saturated heterocycles. The van der Waals surface area contributed by atoms with Crippen LogP contribution >= 0.6 is 0 Å². The molecular formula is C6H12F2O. The lowest BCUT2D eigenvalue weighted by atomic mass is 10.2. The molecule has 0 bridgehead atoms. The molecule has 0 aromatic rings. The molecule has 0 aliphatic carbocycles. The van der Waals surface area contributed by atoms with Gasteiger partial charge >= 0.3 is 6.11 Å². The number of halogens is 2. The summed E-state index contributed by atoms with van der Waals surface area (Å²) >= 11 is 0. The quantitative estimate of drug-likeness (QED) is 0.581. The van der Waals surface area contributed by atoms with Gasteiger partial charge in [-0.25, -0.2) is 0 Å². The van der Waals surface area contributed by atoms with Crippen LogP contribution in [0.4, 0.5) is 8.78 Å². The second-order valence-corrected chi connectivity index (χ2v) is 2.15. The van der Waals surface area contributed by atoms with Crippen molar-refractivity contribution < 1.29 is 13.5 Å². The standard InChI is InChI=1S/C6H12F2O/c1-4-9-6(7,8)5(2)3/h5H,4H2,1-3H3. The molecule has 0 rings (SSSR count). The van der Waals surface area contributed by atoms with Crippen molar-refractivity contribution in [1.82, 2.24) is 0 Å². The van der Waals surface area contributed by atoms with E-state index in [2.05, 4.69) is 4.74 Å². The maximum absolute atomic E-state index is 12.3. The first-order chi connectivity index (χ1) is 4.00. The largest absolute Gasteiger partial charge is 0.357 e. The maximum Gasteiger partial charge on any atom is 0.357 e. The lowest BCUT2D eigenvalue weighted by Gasteiger charge is -2.18. The van der Waals surface area contributed by atoms with Gasteiger partial charge in [-0.05, 0) is 6.92 Å². The lowest BCUT2D eigenvalue weighted by molar-refractivity contribution is -0.262. The van der Waals surface area contributed by atoms with Crippen LogP contribution in [-0.4, -0.2) is 12.7 Å². The zero-order valence-electron chi connectivity index (χ0n) is 5.95. The minimum Gasteiger partial charge on any atom is -0.321 e. The van der Waals surface area contributed by atoms with Crippen LogP contribution in [0.3, 0.4) is 0 Å². The fourth-order valence-corrected chi connectivity index (χ4v) is 0.359. The number of ether oxygens (including phenoxy) is 1. The molecule has 0 fully saturated rings. The van der Waals surface area contributed by atoms with E-state index in [1.807, 2.05) is 0 Å². The highest BCUT2D eigenvalue weighted by Crippen LogP contribution is 2.24. The third kappa shape index (κ3) is 2.75. The fourth-order valence-electron chi connectivity index (χ4n) is 0.359. The van der Waals surface area contributed by atoms with Gasteiger partial charge in [-0.15, -0.1) is 0 Å². The Morgan fingerprint density at radius 2 is 1.89 bits per heavy atom.